The van der Waals surface area contributed by atoms with Gasteiger partial charge in [0.15, 0.2) is 6.61 Å². The van der Waals surface area contributed by atoms with Crippen molar-refractivity contribution >= 4 is 44.3 Å². The van der Waals surface area contributed by atoms with Crippen LogP contribution in [-0.2, 0) is 14.3 Å². The lowest BCUT2D eigenvalue weighted by atomic mass is 10.1. The Balaban J connectivity index is 1.94. The van der Waals surface area contributed by atoms with Crippen LogP contribution in [0.25, 0.3) is 10.8 Å². The van der Waals surface area contributed by atoms with E-state index < -0.39 is 11.8 Å². The minimum absolute atomic E-state index is 0.193. The highest BCUT2D eigenvalue weighted by Gasteiger charge is 2.17. The molecule has 2 aromatic rings. The molecular formula is C19H21BrN2O4. The smallest absolute Gasteiger partial charge is 0.314 e. The van der Waals surface area contributed by atoms with Gasteiger partial charge in [-0.1, -0.05) is 30.3 Å². The number of amides is 1. The van der Waals surface area contributed by atoms with Gasteiger partial charge in [0.05, 0.1) is 17.0 Å². The number of nitrogens with zero attached hydrogens (tertiary/aromatic N) is 1. The summed E-state index contributed by atoms with van der Waals surface area (Å²) in [4.78, 5) is 23.6. The molecule has 6 nitrogen and oxygen atoms in total. The summed E-state index contributed by atoms with van der Waals surface area (Å²) in [6, 6.07) is 11.6. The maximum absolute atomic E-state index is 11.9. The normalized spacial score (nSPS) is 12.5. The Morgan fingerprint density at radius 3 is 2.69 bits per heavy atom. The van der Waals surface area contributed by atoms with E-state index in [0.29, 0.717) is 18.1 Å². The summed E-state index contributed by atoms with van der Waals surface area (Å²) < 4.78 is 11.3. The molecule has 0 radical (unpaired) electrons. The first kappa shape index (κ1) is 19.9. The number of carbonyl (C=O) groups is 2. The number of hydrogen-bond donors (Lipinski definition) is 1. The summed E-state index contributed by atoms with van der Waals surface area (Å²) in [5.74, 6) is -0.745. The molecular weight excluding hydrogens is 400 g/mol. The number of hydrazone groups is 1. The van der Waals surface area contributed by atoms with Gasteiger partial charge in [-0.3, -0.25) is 9.59 Å². The highest BCUT2D eigenvalue weighted by molar-refractivity contribution is 9.10. The first-order valence-corrected chi connectivity index (χ1v) is 9.03. The van der Waals surface area contributed by atoms with Crippen molar-refractivity contribution in [1.29, 1.82) is 0 Å². The molecule has 1 amide bonds. The molecule has 0 heterocycles. The van der Waals surface area contributed by atoms with Crippen molar-refractivity contribution in [2.75, 3.05) is 13.2 Å². The molecule has 2 aromatic carbocycles. The minimum Gasteiger partial charge on any atom is -0.483 e. The molecule has 0 spiro atoms. The van der Waals surface area contributed by atoms with Crippen molar-refractivity contribution in [3.63, 3.8) is 0 Å². The lowest BCUT2D eigenvalue weighted by Gasteiger charge is -2.11. The summed E-state index contributed by atoms with van der Waals surface area (Å²) in [6.07, 6.45) is 0. The van der Waals surface area contributed by atoms with Crippen LogP contribution in [0.1, 0.15) is 20.8 Å². The predicted octanol–water partition coefficient (Wildman–Crippen LogP) is 3.67. The first-order valence-electron chi connectivity index (χ1n) is 8.23. The number of carbonyl (C=O) groups excluding carboxylic acids is 2. The third kappa shape index (κ3) is 5.05. The van der Waals surface area contributed by atoms with Crippen LogP contribution >= 0.6 is 15.9 Å². The average Bonchev–Trinajstić information content (AvgIpc) is 2.65. The van der Waals surface area contributed by atoms with E-state index in [-0.39, 0.29) is 12.6 Å². The molecule has 0 aliphatic heterocycles. The van der Waals surface area contributed by atoms with E-state index in [1.165, 1.54) is 0 Å². The maximum atomic E-state index is 11.9. The predicted molar refractivity (Wildman–Crippen MR) is 104 cm³/mol. The highest BCUT2D eigenvalue weighted by atomic mass is 79.9. The maximum Gasteiger partial charge on any atom is 0.314 e. The number of rotatable bonds is 7. The van der Waals surface area contributed by atoms with Crippen LogP contribution in [0.15, 0.2) is 46.0 Å². The van der Waals surface area contributed by atoms with Gasteiger partial charge in [0.25, 0.3) is 5.91 Å². The van der Waals surface area contributed by atoms with Gasteiger partial charge in [0, 0.05) is 5.71 Å². The summed E-state index contributed by atoms with van der Waals surface area (Å²) in [6.45, 7) is 5.17. The molecule has 1 atom stereocenters. The number of hydrogen-bond acceptors (Lipinski definition) is 5. The fourth-order valence-corrected chi connectivity index (χ4v) is 2.79. The highest BCUT2D eigenvalue weighted by Crippen LogP contribution is 2.32. The van der Waals surface area contributed by atoms with Gasteiger partial charge in [-0.25, -0.2) is 5.43 Å². The molecule has 0 saturated carbocycles. The third-order valence-corrected chi connectivity index (χ3v) is 4.63. The molecule has 1 N–H and O–H groups in total. The van der Waals surface area contributed by atoms with E-state index in [1.807, 2.05) is 30.3 Å². The molecule has 7 heteroatoms. The van der Waals surface area contributed by atoms with Crippen molar-refractivity contribution in [3.8, 4) is 5.75 Å². The van der Waals surface area contributed by atoms with Gasteiger partial charge in [-0.05, 0) is 53.5 Å². The van der Waals surface area contributed by atoms with Gasteiger partial charge in [-0.2, -0.15) is 5.10 Å². The van der Waals surface area contributed by atoms with E-state index in [0.717, 1.165) is 15.2 Å². The molecule has 2 rings (SSSR count). The summed E-state index contributed by atoms with van der Waals surface area (Å²) in [5.41, 5.74) is 2.85. The third-order valence-electron chi connectivity index (χ3n) is 3.81. The van der Waals surface area contributed by atoms with Crippen molar-refractivity contribution in [1.82, 2.24) is 5.43 Å². The quantitative estimate of drug-likeness (QED) is 0.421. The van der Waals surface area contributed by atoms with Gasteiger partial charge < -0.3 is 9.47 Å². The van der Waals surface area contributed by atoms with E-state index in [9.17, 15) is 9.59 Å². The van der Waals surface area contributed by atoms with Crippen LogP contribution in [0.5, 0.6) is 5.75 Å². The monoisotopic (exact) mass is 420 g/mol. The van der Waals surface area contributed by atoms with Crippen LogP contribution in [0.2, 0.25) is 0 Å². The number of ether oxygens (including phenoxy) is 2. The SMILES string of the molecule is CCOC(=O)C(C)/C(C)=N\NC(=O)COc1ccc2ccccc2c1Br. The largest absolute Gasteiger partial charge is 0.483 e. The van der Waals surface area contributed by atoms with Crippen LogP contribution in [0, 0.1) is 5.92 Å². The van der Waals surface area contributed by atoms with Gasteiger partial charge in [-0.15, -0.1) is 0 Å². The van der Waals surface area contributed by atoms with Crippen LogP contribution in [0.3, 0.4) is 0 Å². The molecule has 26 heavy (non-hydrogen) atoms. The Bertz CT molecular complexity index is 835. The van der Waals surface area contributed by atoms with Crippen molar-refractivity contribution < 1.29 is 19.1 Å². The Kier molecular flexibility index (Phi) is 7.15. The van der Waals surface area contributed by atoms with Crippen LogP contribution < -0.4 is 10.2 Å². The summed E-state index contributed by atoms with van der Waals surface area (Å²) in [7, 11) is 0. The fraction of sp³-hybridized carbons (Fsp3) is 0.316. The molecule has 0 aliphatic rings. The molecule has 0 aromatic heterocycles. The number of esters is 1. The van der Waals surface area contributed by atoms with Gasteiger partial charge in [0.2, 0.25) is 0 Å². The van der Waals surface area contributed by atoms with Crippen LogP contribution in [-0.4, -0.2) is 30.8 Å². The Labute approximate surface area is 160 Å². The van der Waals surface area contributed by atoms with Crippen molar-refractivity contribution in [2.45, 2.75) is 20.8 Å². The molecule has 0 saturated heterocycles. The first-order chi connectivity index (χ1) is 12.4. The Morgan fingerprint density at radius 2 is 1.96 bits per heavy atom. The lowest BCUT2D eigenvalue weighted by molar-refractivity contribution is -0.145. The summed E-state index contributed by atoms with van der Waals surface area (Å²) >= 11 is 3.51. The van der Waals surface area contributed by atoms with Crippen LogP contribution in [0.4, 0.5) is 0 Å². The lowest BCUT2D eigenvalue weighted by Crippen LogP contribution is -2.28. The van der Waals surface area contributed by atoms with E-state index >= 15 is 0 Å². The molecule has 0 bridgehead atoms. The van der Waals surface area contributed by atoms with Crippen molar-refractivity contribution in [2.24, 2.45) is 11.0 Å². The number of halogens is 1. The van der Waals surface area contributed by atoms with Gasteiger partial charge in [0.1, 0.15) is 5.75 Å². The number of benzene rings is 2. The second-order valence-corrected chi connectivity index (χ2v) is 6.44. The van der Waals surface area contributed by atoms with Gasteiger partial charge >= 0.3 is 5.97 Å². The standard InChI is InChI=1S/C19H21BrN2O4/c1-4-25-19(24)12(2)13(3)21-22-17(23)11-26-16-10-9-14-7-5-6-8-15(14)18(16)20/h5-10,12H,4,11H2,1-3H3,(H,22,23)/b21-13-. The zero-order chi connectivity index (χ0) is 19.1. The average molecular weight is 421 g/mol. The second kappa shape index (κ2) is 9.33. The number of fused-ring (bicyclic) bond motifs is 1. The van der Waals surface area contributed by atoms with E-state index in [4.69, 9.17) is 9.47 Å². The summed E-state index contributed by atoms with van der Waals surface area (Å²) in [5, 5.41) is 6.01. The molecule has 0 aliphatic carbocycles. The number of nitrogens with one attached hydrogen (secondary N) is 1. The molecule has 1 unspecified atom stereocenters. The second-order valence-electron chi connectivity index (χ2n) is 5.65. The van der Waals surface area contributed by atoms with E-state index in [1.54, 1.807) is 26.8 Å². The zero-order valence-corrected chi connectivity index (χ0v) is 16.5. The zero-order valence-electron chi connectivity index (χ0n) is 14.9. The van der Waals surface area contributed by atoms with Crippen molar-refractivity contribution in [3.05, 3.63) is 40.9 Å². The fourth-order valence-electron chi connectivity index (χ4n) is 2.19. The Morgan fingerprint density at radius 1 is 1.23 bits per heavy atom. The van der Waals surface area contributed by atoms with E-state index in [2.05, 4.69) is 26.5 Å². The molecule has 138 valence electrons. The topological polar surface area (TPSA) is 77.0 Å². The Hall–Kier alpha value is -2.41. The molecule has 0 fully saturated rings. The minimum atomic E-state index is -0.522.